The van der Waals surface area contributed by atoms with E-state index in [1.807, 2.05) is 18.2 Å². The van der Waals surface area contributed by atoms with Crippen LogP contribution in [0, 0.1) is 30.2 Å². The molecule has 5 nitrogen and oxygen atoms in total. The highest BCUT2D eigenvalue weighted by atomic mass is 35.5. The summed E-state index contributed by atoms with van der Waals surface area (Å²) < 4.78 is 56.6. The molecule has 2 aromatic carbocycles. The predicted octanol–water partition coefficient (Wildman–Crippen LogP) is 4.35. The first-order chi connectivity index (χ1) is 14.8. The lowest BCUT2D eigenvalue weighted by molar-refractivity contribution is 0.0737. The van der Waals surface area contributed by atoms with Crippen LogP contribution in [0.1, 0.15) is 16.2 Å². The van der Waals surface area contributed by atoms with Crippen molar-refractivity contribution in [2.75, 3.05) is 31.1 Å². The van der Waals surface area contributed by atoms with E-state index in [0.717, 1.165) is 5.69 Å². The van der Waals surface area contributed by atoms with Crippen molar-refractivity contribution < 1.29 is 22.4 Å². The maximum absolute atomic E-state index is 14.3. The molecule has 1 aliphatic rings. The van der Waals surface area contributed by atoms with Crippen LogP contribution in [-0.2, 0) is 0 Å². The number of aryl methyl sites for hydroxylation is 1. The van der Waals surface area contributed by atoms with Gasteiger partial charge >= 0.3 is 0 Å². The standard InChI is InChI=1S/C21H17ClF4N4O/c1-12-9-17(30(27-12)20-18(25)15(23)11-16(24)19(20)26)21(31)29-7-5-28(6-8-29)14-4-2-3-13(22)10-14/h2-4,9-11H,5-8H2,1H3. The number of amides is 1. The van der Waals surface area contributed by atoms with Crippen LogP contribution in [0.4, 0.5) is 23.2 Å². The summed E-state index contributed by atoms with van der Waals surface area (Å²) in [7, 11) is 0. The van der Waals surface area contributed by atoms with Gasteiger partial charge in [-0.25, -0.2) is 22.2 Å². The van der Waals surface area contributed by atoms with Crippen LogP contribution in [0.2, 0.25) is 5.02 Å². The summed E-state index contributed by atoms with van der Waals surface area (Å²) in [5, 5.41) is 4.50. The first-order valence-electron chi connectivity index (χ1n) is 9.46. The van der Waals surface area contributed by atoms with Crippen LogP contribution >= 0.6 is 11.6 Å². The Kier molecular flexibility index (Phi) is 5.62. The van der Waals surface area contributed by atoms with Crippen molar-refractivity contribution in [2.45, 2.75) is 6.92 Å². The molecule has 1 aromatic heterocycles. The molecule has 0 spiro atoms. The number of rotatable bonds is 3. The second-order valence-corrected chi connectivity index (χ2v) is 7.60. The van der Waals surface area contributed by atoms with Gasteiger partial charge in [0.15, 0.2) is 23.3 Å². The third kappa shape index (κ3) is 3.97. The van der Waals surface area contributed by atoms with E-state index in [1.54, 1.807) is 6.07 Å². The van der Waals surface area contributed by atoms with Gasteiger partial charge in [0, 0.05) is 43.0 Å². The number of halogens is 5. The molecule has 0 saturated carbocycles. The third-order valence-corrected chi connectivity index (χ3v) is 5.33. The average Bonchev–Trinajstić information content (AvgIpc) is 3.13. The molecule has 0 bridgehead atoms. The molecule has 1 aliphatic heterocycles. The first-order valence-corrected chi connectivity index (χ1v) is 9.84. The van der Waals surface area contributed by atoms with E-state index in [9.17, 15) is 22.4 Å². The number of hydrogen-bond donors (Lipinski definition) is 0. The van der Waals surface area contributed by atoms with E-state index in [0.29, 0.717) is 35.9 Å². The van der Waals surface area contributed by atoms with E-state index in [1.165, 1.54) is 17.9 Å². The van der Waals surface area contributed by atoms with Gasteiger partial charge in [0.25, 0.3) is 5.91 Å². The van der Waals surface area contributed by atoms with Crippen molar-refractivity contribution in [1.82, 2.24) is 14.7 Å². The highest BCUT2D eigenvalue weighted by molar-refractivity contribution is 6.30. The summed E-state index contributed by atoms with van der Waals surface area (Å²) in [5.74, 6) is -6.94. The molecule has 0 aliphatic carbocycles. The van der Waals surface area contributed by atoms with Gasteiger partial charge in [0.1, 0.15) is 11.4 Å². The van der Waals surface area contributed by atoms with Crippen LogP contribution in [-0.4, -0.2) is 46.8 Å². The fourth-order valence-electron chi connectivity index (χ4n) is 3.57. The topological polar surface area (TPSA) is 41.4 Å². The Morgan fingerprint density at radius 1 is 0.968 bits per heavy atom. The Morgan fingerprint density at radius 3 is 2.23 bits per heavy atom. The Morgan fingerprint density at radius 2 is 1.61 bits per heavy atom. The molecule has 0 radical (unpaired) electrons. The van der Waals surface area contributed by atoms with Gasteiger partial charge in [-0.1, -0.05) is 17.7 Å². The van der Waals surface area contributed by atoms with E-state index in [2.05, 4.69) is 10.00 Å². The normalized spacial score (nSPS) is 14.3. The molecule has 1 saturated heterocycles. The van der Waals surface area contributed by atoms with E-state index >= 15 is 0 Å². The van der Waals surface area contributed by atoms with Gasteiger partial charge in [0.2, 0.25) is 0 Å². The van der Waals surface area contributed by atoms with Crippen molar-refractivity contribution in [3.63, 3.8) is 0 Å². The Labute approximate surface area is 180 Å². The lowest BCUT2D eigenvalue weighted by Crippen LogP contribution is -2.49. The molecule has 0 atom stereocenters. The average molecular weight is 453 g/mol. The Bertz CT molecular complexity index is 1130. The molecular weight excluding hydrogens is 436 g/mol. The highest BCUT2D eigenvalue weighted by Gasteiger charge is 2.29. The summed E-state index contributed by atoms with van der Waals surface area (Å²) in [6, 6.07) is 8.77. The summed E-state index contributed by atoms with van der Waals surface area (Å²) >= 11 is 6.03. The zero-order valence-corrected chi connectivity index (χ0v) is 17.1. The predicted molar refractivity (Wildman–Crippen MR) is 108 cm³/mol. The van der Waals surface area contributed by atoms with Crippen LogP contribution in [0.25, 0.3) is 5.69 Å². The number of carbonyl (C=O) groups excluding carboxylic acids is 1. The fourth-order valence-corrected chi connectivity index (χ4v) is 3.76. The molecule has 4 rings (SSSR count). The van der Waals surface area contributed by atoms with Gasteiger partial charge in [-0.05, 0) is 31.2 Å². The Hall–Kier alpha value is -3.07. The summed E-state index contributed by atoms with van der Waals surface area (Å²) in [5.41, 5.74) is -0.0627. The van der Waals surface area contributed by atoms with Gasteiger partial charge in [-0.15, -0.1) is 0 Å². The lowest BCUT2D eigenvalue weighted by Gasteiger charge is -2.36. The number of aromatic nitrogens is 2. The molecule has 3 aromatic rings. The maximum Gasteiger partial charge on any atom is 0.272 e. The van der Waals surface area contributed by atoms with Crippen LogP contribution in [0.15, 0.2) is 36.4 Å². The molecule has 162 valence electrons. The summed E-state index contributed by atoms with van der Waals surface area (Å²) in [4.78, 5) is 16.6. The second-order valence-electron chi connectivity index (χ2n) is 7.16. The molecule has 10 heteroatoms. The SMILES string of the molecule is Cc1cc(C(=O)N2CCN(c3cccc(Cl)c3)CC2)n(-c2c(F)c(F)cc(F)c2F)n1. The minimum Gasteiger partial charge on any atom is -0.368 e. The number of anilines is 1. The van der Waals surface area contributed by atoms with Crippen LogP contribution in [0.3, 0.4) is 0 Å². The number of carbonyl (C=O) groups is 1. The fraction of sp³-hybridized carbons (Fsp3) is 0.238. The maximum atomic E-state index is 14.3. The molecule has 1 fully saturated rings. The van der Waals surface area contributed by atoms with Crippen molar-refractivity contribution in [3.8, 4) is 5.69 Å². The summed E-state index contributed by atoms with van der Waals surface area (Å²) in [6.45, 7) is 3.19. The number of piperazine rings is 1. The number of hydrogen-bond acceptors (Lipinski definition) is 3. The monoisotopic (exact) mass is 452 g/mol. The second kappa shape index (κ2) is 8.22. The summed E-state index contributed by atoms with van der Waals surface area (Å²) in [6.07, 6.45) is 0. The first kappa shape index (κ1) is 21.2. The van der Waals surface area contributed by atoms with Crippen molar-refractivity contribution >= 4 is 23.2 Å². The minimum absolute atomic E-state index is 0.112. The van der Waals surface area contributed by atoms with Crippen molar-refractivity contribution in [2.24, 2.45) is 0 Å². The smallest absolute Gasteiger partial charge is 0.272 e. The van der Waals surface area contributed by atoms with Crippen LogP contribution < -0.4 is 4.90 Å². The van der Waals surface area contributed by atoms with Gasteiger partial charge < -0.3 is 9.80 Å². The minimum atomic E-state index is -1.62. The van der Waals surface area contributed by atoms with Crippen LogP contribution in [0.5, 0.6) is 0 Å². The quantitative estimate of drug-likeness (QED) is 0.438. The van der Waals surface area contributed by atoms with E-state index in [-0.39, 0.29) is 17.5 Å². The van der Waals surface area contributed by atoms with E-state index in [4.69, 9.17) is 11.6 Å². The Balaban J connectivity index is 1.61. The van der Waals surface area contributed by atoms with Gasteiger partial charge in [-0.3, -0.25) is 4.79 Å². The largest absolute Gasteiger partial charge is 0.368 e. The lowest BCUT2D eigenvalue weighted by atomic mass is 10.2. The van der Waals surface area contributed by atoms with Crippen molar-refractivity contribution in [1.29, 1.82) is 0 Å². The molecule has 2 heterocycles. The molecule has 0 N–H and O–H groups in total. The number of nitrogens with zero attached hydrogens (tertiary/aromatic N) is 4. The van der Waals surface area contributed by atoms with E-state index < -0.39 is 34.9 Å². The molecule has 0 unspecified atom stereocenters. The zero-order chi connectivity index (χ0) is 22.3. The molecular formula is C21H17ClF4N4O. The van der Waals surface area contributed by atoms with Crippen molar-refractivity contribution in [3.05, 3.63) is 76.1 Å². The van der Waals surface area contributed by atoms with Gasteiger partial charge in [0.05, 0.1) is 5.69 Å². The zero-order valence-electron chi connectivity index (χ0n) is 16.4. The molecule has 31 heavy (non-hydrogen) atoms. The molecule has 1 amide bonds. The van der Waals surface area contributed by atoms with Gasteiger partial charge in [-0.2, -0.15) is 5.10 Å². The third-order valence-electron chi connectivity index (χ3n) is 5.09. The highest BCUT2D eigenvalue weighted by Crippen LogP contribution is 2.26. The number of benzene rings is 2.